The van der Waals surface area contributed by atoms with Gasteiger partial charge < -0.3 is 0 Å². The number of hydrogen-bond donors (Lipinski definition) is 0. The number of hydrogen-bond acceptors (Lipinski definition) is 4. The van der Waals surface area contributed by atoms with Gasteiger partial charge in [-0.25, -0.2) is 9.67 Å². The lowest BCUT2D eigenvalue weighted by Crippen LogP contribution is -2.04. The number of benzene rings is 1. The second kappa shape index (κ2) is 5.86. The molecule has 4 nitrogen and oxygen atoms in total. The minimum Gasteiger partial charge on any atom is -0.294 e. The van der Waals surface area contributed by atoms with Crippen molar-refractivity contribution in [3.05, 3.63) is 52.7 Å². The lowest BCUT2D eigenvalue weighted by atomic mass is 10.1. The van der Waals surface area contributed by atoms with Crippen LogP contribution in [0.5, 0.6) is 0 Å². The van der Waals surface area contributed by atoms with Gasteiger partial charge in [0.15, 0.2) is 5.78 Å². The van der Waals surface area contributed by atoms with Crippen molar-refractivity contribution in [2.75, 3.05) is 0 Å². The standard InChI is InChI=1S/C16H12F3N3OS/c1-9-13(10(2)23)7-20-22(9)15-21-14(8-24-15)11-4-3-5-12(6-11)16(17,18)19/h3-8H,1-2H3. The molecule has 0 aliphatic rings. The first-order valence-electron chi connectivity index (χ1n) is 6.96. The Morgan fingerprint density at radius 3 is 2.67 bits per heavy atom. The Balaban J connectivity index is 1.99. The first kappa shape index (κ1) is 16.4. The highest BCUT2D eigenvalue weighted by molar-refractivity contribution is 7.12. The number of Topliss-reactive ketones (excluding diaryl/α,β-unsaturated/α-hetero) is 1. The van der Waals surface area contributed by atoms with Gasteiger partial charge in [-0.05, 0) is 26.0 Å². The maximum atomic E-state index is 12.8. The Hall–Kier alpha value is -2.48. The number of halogens is 3. The minimum absolute atomic E-state index is 0.103. The summed E-state index contributed by atoms with van der Waals surface area (Å²) in [4.78, 5) is 15.8. The second-order valence-electron chi connectivity index (χ2n) is 5.21. The molecule has 0 atom stereocenters. The zero-order valence-electron chi connectivity index (χ0n) is 12.8. The molecular formula is C16H12F3N3OS. The quantitative estimate of drug-likeness (QED) is 0.652. The van der Waals surface area contributed by atoms with Gasteiger partial charge in [-0.3, -0.25) is 4.79 Å². The summed E-state index contributed by atoms with van der Waals surface area (Å²) in [7, 11) is 0. The van der Waals surface area contributed by atoms with E-state index in [1.54, 1.807) is 18.4 Å². The van der Waals surface area contributed by atoms with Gasteiger partial charge in [0.1, 0.15) is 0 Å². The molecule has 124 valence electrons. The molecule has 3 rings (SSSR count). The highest BCUT2D eigenvalue weighted by Gasteiger charge is 2.30. The van der Waals surface area contributed by atoms with Crippen LogP contribution in [0.1, 0.15) is 28.5 Å². The van der Waals surface area contributed by atoms with Crippen molar-refractivity contribution in [3.8, 4) is 16.4 Å². The summed E-state index contributed by atoms with van der Waals surface area (Å²) < 4.78 is 40.0. The fourth-order valence-electron chi connectivity index (χ4n) is 2.30. The van der Waals surface area contributed by atoms with Gasteiger partial charge in [-0.2, -0.15) is 18.3 Å². The third-order valence-electron chi connectivity index (χ3n) is 3.55. The molecule has 2 heterocycles. The van der Waals surface area contributed by atoms with Crippen molar-refractivity contribution in [1.82, 2.24) is 14.8 Å². The van der Waals surface area contributed by atoms with Crippen LogP contribution >= 0.6 is 11.3 Å². The van der Waals surface area contributed by atoms with E-state index in [1.165, 1.54) is 35.2 Å². The van der Waals surface area contributed by atoms with E-state index >= 15 is 0 Å². The highest BCUT2D eigenvalue weighted by atomic mass is 32.1. The van der Waals surface area contributed by atoms with Crippen molar-refractivity contribution in [3.63, 3.8) is 0 Å². The van der Waals surface area contributed by atoms with Crippen LogP contribution in [-0.2, 0) is 6.18 Å². The normalized spacial score (nSPS) is 11.7. The van der Waals surface area contributed by atoms with E-state index in [-0.39, 0.29) is 5.78 Å². The van der Waals surface area contributed by atoms with Crippen LogP contribution in [0, 0.1) is 6.92 Å². The van der Waals surface area contributed by atoms with E-state index < -0.39 is 11.7 Å². The van der Waals surface area contributed by atoms with Crippen LogP contribution in [-0.4, -0.2) is 20.5 Å². The first-order valence-corrected chi connectivity index (χ1v) is 7.84. The molecule has 0 aliphatic heterocycles. The van der Waals surface area contributed by atoms with Gasteiger partial charge in [0.2, 0.25) is 5.13 Å². The number of carbonyl (C=O) groups excluding carboxylic acids is 1. The zero-order chi connectivity index (χ0) is 17.5. The summed E-state index contributed by atoms with van der Waals surface area (Å²) in [6.07, 6.45) is -2.94. The van der Waals surface area contributed by atoms with Gasteiger partial charge in [0.05, 0.1) is 28.7 Å². The van der Waals surface area contributed by atoms with Gasteiger partial charge in [0, 0.05) is 10.9 Å². The number of alkyl halides is 3. The molecule has 3 aromatic rings. The topological polar surface area (TPSA) is 47.8 Å². The summed E-state index contributed by atoms with van der Waals surface area (Å²) in [5.74, 6) is -0.103. The van der Waals surface area contributed by atoms with Crippen LogP contribution in [0.25, 0.3) is 16.4 Å². The molecule has 0 spiro atoms. The van der Waals surface area contributed by atoms with Crippen LogP contribution in [0.2, 0.25) is 0 Å². The predicted molar refractivity (Wildman–Crippen MR) is 84.4 cm³/mol. The van der Waals surface area contributed by atoms with Crippen molar-refractivity contribution >= 4 is 17.1 Å². The van der Waals surface area contributed by atoms with E-state index in [0.29, 0.717) is 27.6 Å². The van der Waals surface area contributed by atoms with Gasteiger partial charge >= 0.3 is 6.18 Å². The number of rotatable bonds is 3. The van der Waals surface area contributed by atoms with Crippen LogP contribution < -0.4 is 0 Å². The molecule has 0 saturated heterocycles. The number of ketones is 1. The van der Waals surface area contributed by atoms with E-state index in [4.69, 9.17) is 0 Å². The number of thiazole rings is 1. The Morgan fingerprint density at radius 2 is 2.04 bits per heavy atom. The third kappa shape index (κ3) is 2.96. The number of carbonyl (C=O) groups is 1. The molecule has 0 amide bonds. The average Bonchev–Trinajstić information content (AvgIpc) is 3.13. The summed E-state index contributed by atoms with van der Waals surface area (Å²) in [6, 6.07) is 5.01. The van der Waals surface area contributed by atoms with E-state index in [0.717, 1.165) is 12.1 Å². The molecule has 0 radical (unpaired) electrons. The number of aromatic nitrogens is 3. The Morgan fingerprint density at radius 1 is 1.29 bits per heavy atom. The molecule has 0 N–H and O–H groups in total. The lowest BCUT2D eigenvalue weighted by Gasteiger charge is -2.07. The molecule has 1 aromatic carbocycles. The fourth-order valence-corrected chi connectivity index (χ4v) is 3.14. The molecular weight excluding hydrogens is 339 g/mol. The minimum atomic E-state index is -4.40. The SMILES string of the molecule is CC(=O)c1cnn(-c2nc(-c3cccc(C(F)(F)F)c3)cs2)c1C. The molecule has 8 heteroatoms. The fraction of sp³-hybridized carbons (Fsp3) is 0.188. The molecule has 0 bridgehead atoms. The Kier molecular flexibility index (Phi) is 4.00. The molecule has 0 fully saturated rings. The van der Waals surface area contributed by atoms with Crippen molar-refractivity contribution in [1.29, 1.82) is 0 Å². The first-order chi connectivity index (χ1) is 11.3. The zero-order valence-corrected chi connectivity index (χ0v) is 13.6. The van der Waals surface area contributed by atoms with Gasteiger partial charge in [-0.1, -0.05) is 12.1 Å². The van der Waals surface area contributed by atoms with E-state index in [9.17, 15) is 18.0 Å². The maximum absolute atomic E-state index is 12.8. The van der Waals surface area contributed by atoms with Crippen molar-refractivity contribution in [2.45, 2.75) is 20.0 Å². The highest BCUT2D eigenvalue weighted by Crippen LogP contribution is 2.33. The number of nitrogens with zero attached hydrogens (tertiary/aromatic N) is 3. The molecule has 24 heavy (non-hydrogen) atoms. The van der Waals surface area contributed by atoms with Crippen molar-refractivity contribution in [2.24, 2.45) is 0 Å². The molecule has 0 unspecified atom stereocenters. The lowest BCUT2D eigenvalue weighted by molar-refractivity contribution is -0.137. The van der Waals surface area contributed by atoms with Gasteiger partial charge in [-0.15, -0.1) is 11.3 Å². The van der Waals surface area contributed by atoms with Crippen molar-refractivity contribution < 1.29 is 18.0 Å². The molecule has 2 aromatic heterocycles. The predicted octanol–water partition coefficient (Wildman–Crippen LogP) is 4.53. The largest absolute Gasteiger partial charge is 0.416 e. The summed E-state index contributed by atoms with van der Waals surface area (Å²) in [6.45, 7) is 3.19. The second-order valence-corrected chi connectivity index (χ2v) is 6.04. The summed E-state index contributed by atoms with van der Waals surface area (Å²) in [5.41, 5.74) is 1.23. The molecule has 0 aliphatic carbocycles. The Labute approximate surface area is 139 Å². The van der Waals surface area contributed by atoms with Crippen LogP contribution in [0.4, 0.5) is 13.2 Å². The summed E-state index contributed by atoms with van der Waals surface area (Å²) in [5, 5.41) is 6.29. The maximum Gasteiger partial charge on any atom is 0.416 e. The third-order valence-corrected chi connectivity index (χ3v) is 4.36. The van der Waals surface area contributed by atoms with Crippen LogP contribution in [0.3, 0.4) is 0 Å². The smallest absolute Gasteiger partial charge is 0.294 e. The monoisotopic (exact) mass is 351 g/mol. The molecule has 0 saturated carbocycles. The average molecular weight is 351 g/mol. The van der Waals surface area contributed by atoms with E-state index in [2.05, 4.69) is 10.1 Å². The van der Waals surface area contributed by atoms with Gasteiger partial charge in [0.25, 0.3) is 0 Å². The summed E-state index contributed by atoms with van der Waals surface area (Å²) >= 11 is 1.25. The van der Waals surface area contributed by atoms with Crippen LogP contribution in [0.15, 0.2) is 35.8 Å². The Bertz CT molecular complexity index is 911. The van der Waals surface area contributed by atoms with E-state index in [1.807, 2.05) is 0 Å².